The van der Waals surface area contributed by atoms with Gasteiger partial charge in [-0.1, -0.05) is 50.1 Å². The zero-order valence-corrected chi connectivity index (χ0v) is 12.8. The molecule has 94 valence electrons. The van der Waals surface area contributed by atoms with Crippen LogP contribution in [0.15, 0.2) is 0 Å². The van der Waals surface area contributed by atoms with Crippen LogP contribution in [0.2, 0.25) is 0 Å². The summed E-state index contributed by atoms with van der Waals surface area (Å²) in [6.07, 6.45) is 7.40. The Kier molecular flexibility index (Phi) is 12.3. The highest BCUT2D eigenvalue weighted by Gasteiger charge is 1.92. The van der Waals surface area contributed by atoms with Crippen LogP contribution in [0.5, 0.6) is 0 Å². The number of thiocarbonyl (C=S) groups is 2. The highest BCUT2D eigenvalue weighted by Crippen LogP contribution is 2.04. The second-order valence-electron chi connectivity index (χ2n) is 3.59. The average molecular weight is 297 g/mol. The minimum atomic E-state index is 0.591. The molecule has 0 fully saturated rings. The van der Waals surface area contributed by atoms with Crippen LogP contribution in [0.25, 0.3) is 0 Å². The standard InChI is InChI=1S/C10H20N2S4/c13-9(14)11-7-5-3-1-2-4-6-8-12-10(15)16/h1-8H2,(H2,11,13,14)(H2,12,15,16). The van der Waals surface area contributed by atoms with E-state index in [4.69, 9.17) is 24.4 Å². The van der Waals surface area contributed by atoms with E-state index in [0.717, 1.165) is 13.1 Å². The zero-order chi connectivity index (χ0) is 12.2. The first-order valence-corrected chi connectivity index (χ1v) is 7.27. The van der Waals surface area contributed by atoms with Crippen molar-refractivity contribution >= 4 is 58.3 Å². The fourth-order valence-electron chi connectivity index (χ4n) is 1.35. The molecule has 0 heterocycles. The molecule has 0 aromatic heterocycles. The first-order valence-electron chi connectivity index (χ1n) is 5.56. The van der Waals surface area contributed by atoms with Gasteiger partial charge in [-0.2, -0.15) is 0 Å². The van der Waals surface area contributed by atoms with E-state index in [9.17, 15) is 0 Å². The average Bonchev–Trinajstić information content (AvgIpc) is 2.20. The van der Waals surface area contributed by atoms with Crippen molar-refractivity contribution in [3.8, 4) is 0 Å². The van der Waals surface area contributed by atoms with E-state index in [2.05, 4.69) is 35.9 Å². The topological polar surface area (TPSA) is 24.1 Å². The van der Waals surface area contributed by atoms with E-state index in [-0.39, 0.29) is 0 Å². The van der Waals surface area contributed by atoms with Crippen molar-refractivity contribution in [1.29, 1.82) is 0 Å². The molecule has 0 aliphatic carbocycles. The van der Waals surface area contributed by atoms with Crippen LogP contribution >= 0.6 is 49.7 Å². The van der Waals surface area contributed by atoms with Crippen molar-refractivity contribution in [3.63, 3.8) is 0 Å². The highest BCUT2D eigenvalue weighted by atomic mass is 32.1. The lowest BCUT2D eigenvalue weighted by Crippen LogP contribution is -2.17. The monoisotopic (exact) mass is 296 g/mol. The molecular formula is C10H20N2S4. The van der Waals surface area contributed by atoms with Gasteiger partial charge in [-0.3, -0.25) is 0 Å². The van der Waals surface area contributed by atoms with Gasteiger partial charge in [0.1, 0.15) is 8.64 Å². The summed E-state index contributed by atoms with van der Waals surface area (Å²) in [6, 6.07) is 0. The summed E-state index contributed by atoms with van der Waals surface area (Å²) < 4.78 is 1.18. The van der Waals surface area contributed by atoms with Gasteiger partial charge in [-0.25, -0.2) is 0 Å². The molecule has 0 unspecified atom stereocenters. The molecule has 0 rings (SSSR count). The molecule has 0 aliphatic rings. The molecule has 0 aliphatic heterocycles. The normalized spacial score (nSPS) is 9.88. The second-order valence-corrected chi connectivity index (χ2v) is 5.90. The quantitative estimate of drug-likeness (QED) is 0.299. The summed E-state index contributed by atoms with van der Waals surface area (Å²) >= 11 is 17.6. The van der Waals surface area contributed by atoms with Gasteiger partial charge in [0.05, 0.1) is 0 Å². The van der Waals surface area contributed by atoms with Gasteiger partial charge in [-0.05, 0) is 12.8 Å². The van der Waals surface area contributed by atoms with Crippen LogP contribution in [0.3, 0.4) is 0 Å². The van der Waals surface area contributed by atoms with Crippen molar-refractivity contribution in [2.24, 2.45) is 0 Å². The third-order valence-electron chi connectivity index (χ3n) is 2.16. The molecule has 0 aromatic rings. The van der Waals surface area contributed by atoms with Crippen molar-refractivity contribution in [1.82, 2.24) is 10.6 Å². The van der Waals surface area contributed by atoms with Gasteiger partial charge in [0.2, 0.25) is 0 Å². The van der Waals surface area contributed by atoms with Crippen LogP contribution in [0.1, 0.15) is 38.5 Å². The maximum Gasteiger partial charge on any atom is 0.130 e. The number of hydrogen-bond acceptors (Lipinski definition) is 2. The predicted octanol–water partition coefficient (Wildman–Crippen LogP) is 2.94. The Bertz CT molecular complexity index is 187. The second kappa shape index (κ2) is 12.0. The smallest absolute Gasteiger partial charge is 0.130 e. The first kappa shape index (κ1) is 16.5. The van der Waals surface area contributed by atoms with Crippen molar-refractivity contribution in [2.75, 3.05) is 13.1 Å². The minimum absolute atomic E-state index is 0.591. The number of thiol groups is 2. The minimum Gasteiger partial charge on any atom is -0.371 e. The maximum absolute atomic E-state index is 4.79. The van der Waals surface area contributed by atoms with Crippen molar-refractivity contribution < 1.29 is 0 Å². The molecule has 16 heavy (non-hydrogen) atoms. The van der Waals surface area contributed by atoms with Crippen LogP contribution in [0.4, 0.5) is 0 Å². The lowest BCUT2D eigenvalue weighted by molar-refractivity contribution is 0.588. The molecule has 0 radical (unpaired) electrons. The van der Waals surface area contributed by atoms with Crippen molar-refractivity contribution in [3.05, 3.63) is 0 Å². The fraction of sp³-hybridized carbons (Fsp3) is 0.800. The summed E-state index contributed by atoms with van der Waals surface area (Å²) in [4.78, 5) is 0. The Hall–Kier alpha value is 0.480. The third kappa shape index (κ3) is 14.5. The Morgan fingerprint density at radius 2 is 1.00 bits per heavy atom. The van der Waals surface area contributed by atoms with E-state index >= 15 is 0 Å². The molecule has 0 aromatic carbocycles. The maximum atomic E-state index is 4.79. The van der Waals surface area contributed by atoms with E-state index < -0.39 is 0 Å². The first-order chi connectivity index (χ1) is 7.63. The Morgan fingerprint density at radius 1 is 0.688 bits per heavy atom. The van der Waals surface area contributed by atoms with Crippen LogP contribution in [-0.2, 0) is 0 Å². The molecule has 2 N–H and O–H groups in total. The van der Waals surface area contributed by atoms with Crippen LogP contribution in [-0.4, -0.2) is 21.7 Å². The Morgan fingerprint density at radius 3 is 1.31 bits per heavy atom. The number of hydrogen-bond donors (Lipinski definition) is 4. The van der Waals surface area contributed by atoms with E-state index in [0.29, 0.717) is 8.64 Å². The molecule has 0 amide bonds. The number of rotatable bonds is 9. The summed E-state index contributed by atoms with van der Waals surface area (Å²) in [5.41, 5.74) is 0. The molecule has 0 spiro atoms. The van der Waals surface area contributed by atoms with Gasteiger partial charge in [0.25, 0.3) is 0 Å². The summed E-state index contributed by atoms with van der Waals surface area (Å²) in [6.45, 7) is 1.88. The predicted molar refractivity (Wildman–Crippen MR) is 86.9 cm³/mol. The lowest BCUT2D eigenvalue weighted by Gasteiger charge is -2.04. The van der Waals surface area contributed by atoms with Crippen LogP contribution < -0.4 is 10.6 Å². The van der Waals surface area contributed by atoms with Gasteiger partial charge in [0.15, 0.2) is 0 Å². The van der Waals surface area contributed by atoms with Crippen LogP contribution in [0, 0.1) is 0 Å². The van der Waals surface area contributed by atoms with Crippen molar-refractivity contribution in [2.45, 2.75) is 38.5 Å². The van der Waals surface area contributed by atoms with Gasteiger partial charge >= 0.3 is 0 Å². The van der Waals surface area contributed by atoms with E-state index in [1.807, 2.05) is 0 Å². The summed E-state index contributed by atoms with van der Waals surface area (Å²) in [7, 11) is 0. The zero-order valence-electron chi connectivity index (χ0n) is 9.37. The molecular weight excluding hydrogens is 276 g/mol. The number of unbranched alkanes of at least 4 members (excludes halogenated alkanes) is 5. The van der Waals surface area contributed by atoms with E-state index in [1.165, 1.54) is 38.5 Å². The SMILES string of the molecule is S=C(S)NCCCCCCCCNC(=S)S. The molecule has 0 saturated heterocycles. The molecule has 0 atom stereocenters. The Labute approximate surface area is 120 Å². The summed E-state index contributed by atoms with van der Waals surface area (Å²) in [5.74, 6) is 0. The van der Waals surface area contributed by atoms with Gasteiger partial charge in [-0.15, -0.1) is 25.3 Å². The number of nitrogens with one attached hydrogen (secondary N) is 2. The molecule has 2 nitrogen and oxygen atoms in total. The van der Waals surface area contributed by atoms with Gasteiger partial charge < -0.3 is 10.6 Å². The highest BCUT2D eigenvalue weighted by molar-refractivity contribution is 8.11. The molecule has 6 heteroatoms. The van der Waals surface area contributed by atoms with Gasteiger partial charge in [0, 0.05) is 13.1 Å². The largest absolute Gasteiger partial charge is 0.371 e. The molecule has 0 bridgehead atoms. The lowest BCUT2D eigenvalue weighted by atomic mass is 10.1. The molecule has 0 saturated carbocycles. The Balaban J connectivity index is 2.98. The fourth-order valence-corrected chi connectivity index (χ4v) is 1.78. The van der Waals surface area contributed by atoms with E-state index in [1.54, 1.807) is 0 Å². The summed E-state index contributed by atoms with van der Waals surface area (Å²) in [5, 5.41) is 6.06. The third-order valence-corrected chi connectivity index (χ3v) is 2.76.